The maximum Gasteiger partial charge on any atom is 0.191 e. The Bertz CT molecular complexity index is 486. The molecule has 0 amide bonds. The lowest BCUT2D eigenvalue weighted by Crippen LogP contribution is -2.43. The van der Waals surface area contributed by atoms with Gasteiger partial charge < -0.3 is 15.5 Å². The van der Waals surface area contributed by atoms with Crippen LogP contribution in [0.25, 0.3) is 0 Å². The third kappa shape index (κ3) is 8.89. The molecule has 1 heterocycles. The van der Waals surface area contributed by atoms with Gasteiger partial charge in [0.25, 0.3) is 0 Å². The number of likely N-dealkylation sites (N-methyl/N-ethyl adjacent to an activating group) is 1. The van der Waals surface area contributed by atoms with E-state index in [1.54, 1.807) is 0 Å². The van der Waals surface area contributed by atoms with Crippen LogP contribution >= 0.6 is 24.0 Å². The van der Waals surface area contributed by atoms with E-state index in [2.05, 4.69) is 59.8 Å². The fourth-order valence-corrected chi connectivity index (χ4v) is 2.81. The molecule has 2 unspecified atom stereocenters. The first-order valence-corrected chi connectivity index (χ1v) is 9.11. The van der Waals surface area contributed by atoms with E-state index in [1.807, 2.05) is 25.0 Å². The molecule has 1 aromatic rings. The third-order valence-electron chi connectivity index (χ3n) is 4.52. The molecule has 0 saturated carbocycles. The van der Waals surface area contributed by atoms with E-state index in [4.69, 9.17) is 0 Å². The minimum atomic E-state index is 0. The molecule has 1 rings (SSSR count). The first-order valence-electron chi connectivity index (χ1n) is 9.11. The highest BCUT2D eigenvalue weighted by Crippen LogP contribution is 2.16. The average Bonchev–Trinajstić information content (AvgIpc) is 2.98. The molecule has 0 spiro atoms. The second-order valence-electron chi connectivity index (χ2n) is 6.68. The number of hydrogen-bond acceptors (Lipinski definition) is 3. The number of unbranched alkanes of at least 4 members (excludes halogenated alkanes) is 1. The highest BCUT2D eigenvalue weighted by atomic mass is 127. The molecule has 0 radical (unpaired) electrons. The van der Waals surface area contributed by atoms with Gasteiger partial charge in [0.1, 0.15) is 0 Å². The van der Waals surface area contributed by atoms with E-state index in [1.165, 1.54) is 31.2 Å². The average molecular weight is 464 g/mol. The molecule has 146 valence electrons. The summed E-state index contributed by atoms with van der Waals surface area (Å²) < 4.78 is 1.85. The van der Waals surface area contributed by atoms with Crippen molar-refractivity contribution in [1.29, 1.82) is 0 Å². The summed E-state index contributed by atoms with van der Waals surface area (Å²) in [6.45, 7) is 6.29. The number of rotatable bonds is 10. The Morgan fingerprint density at radius 1 is 1.28 bits per heavy atom. The lowest BCUT2D eigenvalue weighted by Gasteiger charge is -2.25. The molecule has 2 atom stereocenters. The van der Waals surface area contributed by atoms with Gasteiger partial charge in [-0.25, -0.2) is 0 Å². The van der Waals surface area contributed by atoms with Crippen LogP contribution in [0, 0.1) is 5.92 Å². The zero-order valence-electron chi connectivity index (χ0n) is 16.7. The summed E-state index contributed by atoms with van der Waals surface area (Å²) in [5, 5.41) is 11.2. The second-order valence-corrected chi connectivity index (χ2v) is 6.68. The molecule has 1 aromatic heterocycles. The fraction of sp³-hybridized carbons (Fsp3) is 0.778. The van der Waals surface area contributed by atoms with Crippen molar-refractivity contribution in [2.45, 2.75) is 45.6 Å². The quantitative estimate of drug-likeness (QED) is 0.318. The van der Waals surface area contributed by atoms with Crippen molar-refractivity contribution in [2.24, 2.45) is 18.0 Å². The smallest absolute Gasteiger partial charge is 0.191 e. The predicted octanol–water partition coefficient (Wildman–Crippen LogP) is 3.02. The van der Waals surface area contributed by atoms with Crippen LogP contribution in [0.2, 0.25) is 0 Å². The van der Waals surface area contributed by atoms with Gasteiger partial charge in [-0.2, -0.15) is 5.10 Å². The normalized spacial score (nSPS) is 14.1. The summed E-state index contributed by atoms with van der Waals surface area (Å²) >= 11 is 0. The first kappa shape index (κ1) is 24.2. The number of aryl methyl sites for hydroxylation is 1. The Labute approximate surface area is 170 Å². The van der Waals surface area contributed by atoms with Crippen molar-refractivity contribution >= 4 is 29.9 Å². The molecule has 0 aliphatic heterocycles. The lowest BCUT2D eigenvalue weighted by atomic mass is 9.99. The van der Waals surface area contributed by atoms with Crippen molar-refractivity contribution in [1.82, 2.24) is 25.3 Å². The summed E-state index contributed by atoms with van der Waals surface area (Å²) in [7, 11) is 7.96. The molecule has 0 aromatic carbocycles. The van der Waals surface area contributed by atoms with E-state index >= 15 is 0 Å². The topological polar surface area (TPSA) is 57.5 Å². The minimum absolute atomic E-state index is 0. The standard InChI is InChI=1S/C18H36N6.HI/c1-7-9-10-15(8-2)11-20-18(19-3)21-13-17(23(4)5)16-12-22-24(6)14-16;/h12,14-15,17H,7-11,13H2,1-6H3,(H2,19,20,21);1H. The van der Waals surface area contributed by atoms with Crippen LogP contribution < -0.4 is 10.6 Å². The highest BCUT2D eigenvalue weighted by molar-refractivity contribution is 14.0. The number of nitrogens with one attached hydrogen (secondary N) is 2. The van der Waals surface area contributed by atoms with Crippen LogP contribution in [0.3, 0.4) is 0 Å². The van der Waals surface area contributed by atoms with E-state index < -0.39 is 0 Å². The van der Waals surface area contributed by atoms with E-state index in [9.17, 15) is 0 Å². The Kier molecular flexibility index (Phi) is 12.9. The third-order valence-corrected chi connectivity index (χ3v) is 4.52. The van der Waals surface area contributed by atoms with Crippen molar-refractivity contribution in [3.63, 3.8) is 0 Å². The van der Waals surface area contributed by atoms with Crippen molar-refractivity contribution in [3.05, 3.63) is 18.0 Å². The summed E-state index contributed by atoms with van der Waals surface area (Å²) in [5.74, 6) is 1.59. The molecule has 0 fully saturated rings. The monoisotopic (exact) mass is 464 g/mol. The lowest BCUT2D eigenvalue weighted by molar-refractivity contribution is 0.298. The zero-order chi connectivity index (χ0) is 17.9. The SMILES string of the molecule is CCCCC(CC)CNC(=NC)NCC(c1cnn(C)c1)N(C)C.I. The summed E-state index contributed by atoms with van der Waals surface area (Å²) in [4.78, 5) is 6.56. The molecule has 25 heavy (non-hydrogen) atoms. The molecule has 0 bridgehead atoms. The second kappa shape index (κ2) is 13.4. The van der Waals surface area contributed by atoms with Crippen LogP contribution in [0.15, 0.2) is 17.4 Å². The van der Waals surface area contributed by atoms with E-state index in [0.29, 0.717) is 5.92 Å². The van der Waals surface area contributed by atoms with Crippen LogP contribution in [0.5, 0.6) is 0 Å². The van der Waals surface area contributed by atoms with Gasteiger partial charge in [-0.1, -0.05) is 33.1 Å². The number of nitrogens with zero attached hydrogens (tertiary/aromatic N) is 4. The van der Waals surface area contributed by atoms with Crippen molar-refractivity contribution < 1.29 is 0 Å². The largest absolute Gasteiger partial charge is 0.356 e. The summed E-state index contributed by atoms with van der Waals surface area (Å²) in [6, 6.07) is 0.263. The van der Waals surface area contributed by atoms with Gasteiger partial charge in [-0.15, -0.1) is 24.0 Å². The van der Waals surface area contributed by atoms with E-state index in [-0.39, 0.29) is 30.0 Å². The molecule has 0 saturated heterocycles. The molecular weight excluding hydrogens is 427 g/mol. The predicted molar refractivity (Wildman–Crippen MR) is 118 cm³/mol. The molecule has 2 N–H and O–H groups in total. The molecule has 6 nitrogen and oxygen atoms in total. The Balaban J connectivity index is 0.00000576. The van der Waals surface area contributed by atoms with Crippen LogP contribution in [0.4, 0.5) is 0 Å². The first-order chi connectivity index (χ1) is 11.5. The number of aromatic nitrogens is 2. The summed E-state index contributed by atoms with van der Waals surface area (Å²) in [5.41, 5.74) is 1.21. The van der Waals surface area contributed by atoms with Crippen LogP contribution in [0.1, 0.15) is 51.1 Å². The Hall–Kier alpha value is -0.830. The fourth-order valence-electron chi connectivity index (χ4n) is 2.81. The van der Waals surface area contributed by atoms with Gasteiger partial charge in [0.05, 0.1) is 12.2 Å². The number of aliphatic imine (C=N–C) groups is 1. The highest BCUT2D eigenvalue weighted by Gasteiger charge is 2.16. The molecule has 0 aliphatic rings. The Morgan fingerprint density at radius 3 is 2.44 bits per heavy atom. The molecule has 0 aliphatic carbocycles. The number of guanidine groups is 1. The van der Waals surface area contributed by atoms with Crippen molar-refractivity contribution in [3.8, 4) is 0 Å². The van der Waals surface area contributed by atoms with Gasteiger partial charge in [-0.3, -0.25) is 9.67 Å². The molecule has 7 heteroatoms. The van der Waals surface area contributed by atoms with Crippen LogP contribution in [-0.2, 0) is 7.05 Å². The maximum absolute atomic E-state index is 4.36. The summed E-state index contributed by atoms with van der Waals surface area (Å²) in [6.07, 6.45) is 9.06. The van der Waals surface area contributed by atoms with Crippen molar-refractivity contribution in [2.75, 3.05) is 34.2 Å². The van der Waals surface area contributed by atoms with Gasteiger partial charge in [-0.05, 0) is 26.4 Å². The van der Waals surface area contributed by atoms with Crippen LogP contribution in [-0.4, -0.2) is 54.9 Å². The van der Waals surface area contributed by atoms with E-state index in [0.717, 1.165) is 19.0 Å². The number of halogens is 1. The Morgan fingerprint density at radius 2 is 1.96 bits per heavy atom. The van der Waals surface area contributed by atoms with Gasteiger partial charge in [0.2, 0.25) is 0 Å². The zero-order valence-corrected chi connectivity index (χ0v) is 19.1. The number of hydrogen-bond donors (Lipinski definition) is 2. The molecular formula is C18H37IN6. The van der Waals surface area contributed by atoms with Gasteiger partial charge in [0.15, 0.2) is 5.96 Å². The maximum atomic E-state index is 4.36. The van der Waals surface area contributed by atoms with Gasteiger partial charge in [0, 0.05) is 38.9 Å². The minimum Gasteiger partial charge on any atom is -0.356 e. The van der Waals surface area contributed by atoms with Gasteiger partial charge >= 0.3 is 0 Å².